The molecular weight excluding hydrogens is 410 g/mol. The number of methoxy groups -OCH3 is 1. The summed E-state index contributed by atoms with van der Waals surface area (Å²) in [5, 5.41) is 14.2. The van der Waals surface area contributed by atoms with Gasteiger partial charge in [0.15, 0.2) is 0 Å². The second-order valence-corrected chi connectivity index (χ2v) is 7.30. The molecule has 0 unspecified atom stereocenters. The standard InChI is InChI=1S/C24H27N3O5/c1-17(13-14-25)21(23(29)31-2)27-22(28)20(15-18-9-5-3-6-10-18)26-24(30)32-16-19-11-7-4-8-12-19/h3-12,17,20-21H,13,15-16H2,1-2H3,(H,26,30)(H,27,28)/t17-,20+,21+/m0/s1. The maximum absolute atomic E-state index is 13.0. The van der Waals surface area contributed by atoms with Crippen LogP contribution in [0.3, 0.4) is 0 Å². The molecule has 32 heavy (non-hydrogen) atoms. The molecule has 0 saturated carbocycles. The van der Waals surface area contributed by atoms with Crippen molar-refractivity contribution in [2.24, 2.45) is 5.92 Å². The molecule has 0 bridgehead atoms. The Bertz CT molecular complexity index is 928. The Morgan fingerprint density at radius 2 is 1.56 bits per heavy atom. The molecule has 2 aromatic carbocycles. The summed E-state index contributed by atoms with van der Waals surface area (Å²) in [4.78, 5) is 37.6. The van der Waals surface area contributed by atoms with Crippen LogP contribution in [0.2, 0.25) is 0 Å². The van der Waals surface area contributed by atoms with E-state index in [4.69, 9.17) is 14.7 Å². The van der Waals surface area contributed by atoms with Gasteiger partial charge in [0.1, 0.15) is 18.7 Å². The van der Waals surface area contributed by atoms with Crippen molar-refractivity contribution in [3.8, 4) is 6.07 Å². The summed E-state index contributed by atoms with van der Waals surface area (Å²) in [6.45, 7) is 1.72. The number of esters is 1. The highest BCUT2D eigenvalue weighted by Crippen LogP contribution is 2.11. The van der Waals surface area contributed by atoms with Crippen molar-refractivity contribution in [2.45, 2.75) is 38.5 Å². The van der Waals surface area contributed by atoms with E-state index >= 15 is 0 Å². The van der Waals surface area contributed by atoms with Gasteiger partial charge in [-0.1, -0.05) is 67.6 Å². The average Bonchev–Trinajstić information content (AvgIpc) is 2.81. The second-order valence-electron chi connectivity index (χ2n) is 7.30. The van der Waals surface area contributed by atoms with Crippen LogP contribution in [0.25, 0.3) is 0 Å². The maximum atomic E-state index is 13.0. The number of carbonyl (C=O) groups excluding carboxylic acids is 3. The minimum atomic E-state index is -1.02. The predicted octanol–water partition coefficient (Wildman–Crippen LogP) is 2.73. The van der Waals surface area contributed by atoms with Gasteiger partial charge in [-0.05, 0) is 11.1 Å². The molecule has 2 aromatic rings. The topological polar surface area (TPSA) is 118 Å². The second kappa shape index (κ2) is 12.7. The monoisotopic (exact) mass is 437 g/mol. The first-order valence-corrected chi connectivity index (χ1v) is 10.2. The highest BCUT2D eigenvalue weighted by molar-refractivity contribution is 5.90. The lowest BCUT2D eigenvalue weighted by molar-refractivity contribution is -0.146. The number of hydrogen-bond acceptors (Lipinski definition) is 6. The molecule has 2 rings (SSSR count). The van der Waals surface area contributed by atoms with E-state index in [0.29, 0.717) is 0 Å². The SMILES string of the molecule is COC(=O)[C@H](NC(=O)[C@@H](Cc1ccccc1)NC(=O)OCc1ccccc1)[C@@H](C)CC#N. The van der Waals surface area contributed by atoms with Crippen LogP contribution in [0.5, 0.6) is 0 Å². The van der Waals surface area contributed by atoms with Gasteiger partial charge in [-0.2, -0.15) is 5.26 Å². The Hall–Kier alpha value is -3.86. The molecular formula is C24H27N3O5. The van der Waals surface area contributed by atoms with Crippen molar-refractivity contribution in [2.75, 3.05) is 7.11 Å². The predicted molar refractivity (Wildman–Crippen MR) is 117 cm³/mol. The van der Waals surface area contributed by atoms with Crippen molar-refractivity contribution >= 4 is 18.0 Å². The van der Waals surface area contributed by atoms with Crippen molar-refractivity contribution in [3.05, 3.63) is 71.8 Å². The fraction of sp³-hybridized carbons (Fsp3) is 0.333. The first-order valence-electron chi connectivity index (χ1n) is 10.2. The molecule has 2 amide bonds. The number of amides is 2. The molecule has 0 aliphatic rings. The highest BCUT2D eigenvalue weighted by atomic mass is 16.5. The molecule has 168 valence electrons. The largest absolute Gasteiger partial charge is 0.467 e. The number of alkyl carbamates (subject to hydrolysis) is 1. The van der Waals surface area contributed by atoms with Crippen LogP contribution in [-0.4, -0.2) is 37.2 Å². The van der Waals surface area contributed by atoms with Gasteiger partial charge in [-0.25, -0.2) is 9.59 Å². The maximum Gasteiger partial charge on any atom is 0.408 e. The van der Waals surface area contributed by atoms with Crippen molar-refractivity contribution in [1.82, 2.24) is 10.6 Å². The Kier molecular flexibility index (Phi) is 9.72. The molecule has 0 aliphatic heterocycles. The van der Waals surface area contributed by atoms with Gasteiger partial charge in [0.05, 0.1) is 13.2 Å². The lowest BCUT2D eigenvalue weighted by Crippen LogP contribution is -2.54. The van der Waals surface area contributed by atoms with E-state index in [9.17, 15) is 14.4 Å². The molecule has 0 aliphatic carbocycles. The smallest absolute Gasteiger partial charge is 0.408 e. The van der Waals surface area contributed by atoms with E-state index in [0.717, 1.165) is 11.1 Å². The van der Waals surface area contributed by atoms with Crippen molar-refractivity contribution in [3.63, 3.8) is 0 Å². The zero-order valence-electron chi connectivity index (χ0n) is 18.1. The number of benzene rings is 2. The van der Waals surface area contributed by atoms with Crippen molar-refractivity contribution < 1.29 is 23.9 Å². The minimum absolute atomic E-state index is 0.0515. The molecule has 0 radical (unpaired) electrons. The number of ether oxygens (including phenoxy) is 2. The number of rotatable bonds is 10. The number of nitriles is 1. The molecule has 0 saturated heterocycles. The van der Waals surface area contributed by atoms with Gasteiger partial charge in [-0.15, -0.1) is 0 Å². The lowest BCUT2D eigenvalue weighted by atomic mass is 9.98. The van der Waals surface area contributed by atoms with Crippen LogP contribution in [-0.2, 0) is 32.1 Å². The summed E-state index contributed by atoms with van der Waals surface area (Å²) in [6, 6.07) is 18.3. The van der Waals surface area contributed by atoms with Gasteiger partial charge in [0, 0.05) is 18.8 Å². The summed E-state index contributed by atoms with van der Waals surface area (Å²) < 4.78 is 10.0. The van der Waals surface area contributed by atoms with E-state index in [1.54, 1.807) is 6.92 Å². The zero-order chi connectivity index (χ0) is 23.3. The molecule has 0 spiro atoms. The number of nitrogens with one attached hydrogen (secondary N) is 2. The van der Waals surface area contributed by atoms with Crippen LogP contribution in [0.1, 0.15) is 24.5 Å². The third-order valence-electron chi connectivity index (χ3n) is 4.84. The normalized spacial score (nSPS) is 13.0. The summed E-state index contributed by atoms with van der Waals surface area (Å²) in [5.74, 6) is -1.71. The molecule has 0 fully saturated rings. The molecule has 0 heterocycles. The molecule has 8 heteroatoms. The zero-order valence-corrected chi connectivity index (χ0v) is 18.1. The van der Waals surface area contributed by atoms with Crippen LogP contribution in [0.4, 0.5) is 4.79 Å². The molecule has 0 aromatic heterocycles. The summed E-state index contributed by atoms with van der Waals surface area (Å²) >= 11 is 0. The fourth-order valence-corrected chi connectivity index (χ4v) is 3.04. The third kappa shape index (κ3) is 7.76. The minimum Gasteiger partial charge on any atom is -0.467 e. The van der Waals surface area contributed by atoms with Crippen LogP contribution in [0, 0.1) is 17.2 Å². The Morgan fingerprint density at radius 3 is 2.12 bits per heavy atom. The Morgan fingerprint density at radius 1 is 0.969 bits per heavy atom. The van der Waals surface area contributed by atoms with Gasteiger partial charge in [-0.3, -0.25) is 4.79 Å². The van der Waals surface area contributed by atoms with Gasteiger partial charge in [0.25, 0.3) is 0 Å². The molecule has 3 atom stereocenters. The summed E-state index contributed by atoms with van der Waals surface area (Å²) in [6.07, 6.45) is -0.520. The summed E-state index contributed by atoms with van der Waals surface area (Å²) in [7, 11) is 1.21. The average molecular weight is 437 g/mol. The number of nitrogens with zero attached hydrogens (tertiary/aromatic N) is 1. The number of carbonyl (C=O) groups is 3. The molecule has 2 N–H and O–H groups in total. The summed E-state index contributed by atoms with van der Waals surface area (Å²) in [5.41, 5.74) is 1.62. The first kappa shape index (κ1) is 24.4. The van der Waals surface area contributed by atoms with E-state index < -0.39 is 36.0 Å². The van der Waals surface area contributed by atoms with Gasteiger partial charge in [0.2, 0.25) is 5.91 Å². The van der Waals surface area contributed by atoms with E-state index in [2.05, 4.69) is 10.6 Å². The van der Waals surface area contributed by atoms with E-state index in [-0.39, 0.29) is 19.4 Å². The van der Waals surface area contributed by atoms with Gasteiger partial charge >= 0.3 is 12.1 Å². The van der Waals surface area contributed by atoms with Crippen LogP contribution >= 0.6 is 0 Å². The highest BCUT2D eigenvalue weighted by Gasteiger charge is 2.31. The Labute approximate surface area is 187 Å². The van der Waals surface area contributed by atoms with Gasteiger partial charge < -0.3 is 20.1 Å². The van der Waals surface area contributed by atoms with Crippen molar-refractivity contribution in [1.29, 1.82) is 5.26 Å². The van der Waals surface area contributed by atoms with E-state index in [1.165, 1.54) is 7.11 Å². The molecule has 8 nitrogen and oxygen atoms in total. The quantitative estimate of drug-likeness (QED) is 0.552. The third-order valence-corrected chi connectivity index (χ3v) is 4.84. The number of hydrogen-bond donors (Lipinski definition) is 2. The van der Waals surface area contributed by atoms with Crippen LogP contribution in [0.15, 0.2) is 60.7 Å². The van der Waals surface area contributed by atoms with E-state index in [1.807, 2.05) is 66.7 Å². The Balaban J connectivity index is 2.11. The van der Waals surface area contributed by atoms with Crippen LogP contribution < -0.4 is 10.6 Å². The lowest BCUT2D eigenvalue weighted by Gasteiger charge is -2.25. The fourth-order valence-electron chi connectivity index (χ4n) is 3.04. The first-order chi connectivity index (χ1) is 15.4.